The zero-order chi connectivity index (χ0) is 23.1. The number of esters is 1. The lowest BCUT2D eigenvalue weighted by atomic mass is 9.93. The summed E-state index contributed by atoms with van der Waals surface area (Å²) in [5, 5.41) is 12.7. The molecule has 5 rings (SSSR count). The van der Waals surface area contributed by atoms with Crippen molar-refractivity contribution in [1.82, 2.24) is 15.2 Å². The van der Waals surface area contributed by atoms with Crippen LogP contribution in [0.4, 0.5) is 5.82 Å². The van der Waals surface area contributed by atoms with Crippen molar-refractivity contribution in [2.24, 2.45) is 5.92 Å². The minimum atomic E-state index is -0.236. The van der Waals surface area contributed by atoms with E-state index in [0.717, 1.165) is 42.9 Å². The molecule has 0 saturated carbocycles. The number of fused-ring (bicyclic) bond motifs is 1. The average Bonchev–Trinajstić information content (AvgIpc) is 3.37. The van der Waals surface area contributed by atoms with Crippen molar-refractivity contribution in [3.8, 4) is 6.07 Å². The van der Waals surface area contributed by atoms with Crippen molar-refractivity contribution in [2.45, 2.75) is 32.9 Å². The minimum Gasteiger partial charge on any atom is -0.457 e. The summed E-state index contributed by atoms with van der Waals surface area (Å²) in [5.41, 5.74) is 5.38. The summed E-state index contributed by atoms with van der Waals surface area (Å²) in [6.07, 6.45) is 2.05. The van der Waals surface area contributed by atoms with Gasteiger partial charge in [-0.25, -0.2) is 9.78 Å². The highest BCUT2D eigenvalue weighted by atomic mass is 16.5. The number of amides is 1. The number of anilines is 1. The Morgan fingerprint density at radius 3 is 2.91 bits per heavy atom. The van der Waals surface area contributed by atoms with Crippen LogP contribution in [0.1, 0.15) is 50.6 Å². The van der Waals surface area contributed by atoms with Crippen LogP contribution in [0.3, 0.4) is 0 Å². The van der Waals surface area contributed by atoms with Gasteiger partial charge in [-0.05, 0) is 48.6 Å². The second-order valence-electron chi connectivity index (χ2n) is 9.19. The van der Waals surface area contributed by atoms with Gasteiger partial charge in [-0.1, -0.05) is 6.07 Å². The fourth-order valence-corrected chi connectivity index (χ4v) is 5.23. The third-order valence-corrected chi connectivity index (χ3v) is 7.06. The number of carbonyl (C=O) groups is 2. The molecule has 2 unspecified atom stereocenters. The van der Waals surface area contributed by atoms with Crippen LogP contribution in [0.15, 0.2) is 24.4 Å². The van der Waals surface area contributed by atoms with Crippen molar-refractivity contribution in [1.29, 1.82) is 5.26 Å². The van der Waals surface area contributed by atoms with E-state index in [1.807, 2.05) is 25.1 Å². The Kier molecular flexibility index (Phi) is 5.60. The third-order valence-electron chi connectivity index (χ3n) is 7.06. The Bertz CT molecular complexity index is 1170. The van der Waals surface area contributed by atoms with Crippen LogP contribution in [0.2, 0.25) is 0 Å². The molecule has 0 bridgehead atoms. The number of nitriles is 1. The van der Waals surface area contributed by atoms with E-state index < -0.39 is 0 Å². The number of ether oxygens (including phenoxy) is 1. The number of aryl methyl sites for hydroxylation is 1. The molecule has 33 heavy (non-hydrogen) atoms. The fourth-order valence-electron chi connectivity index (χ4n) is 5.23. The molecule has 0 aliphatic carbocycles. The molecule has 1 N–H and O–H groups in total. The molecule has 0 radical (unpaired) electrons. The Morgan fingerprint density at radius 2 is 2.12 bits per heavy atom. The van der Waals surface area contributed by atoms with Gasteiger partial charge in [0.25, 0.3) is 0 Å². The number of piperazine rings is 1. The molecule has 2 atom stereocenters. The number of cyclic esters (lactones) is 1. The number of carbonyl (C=O) groups excluding carboxylic acids is 2. The molecular weight excluding hydrogens is 418 g/mol. The molecule has 1 aromatic heterocycles. The van der Waals surface area contributed by atoms with Gasteiger partial charge in [0, 0.05) is 56.9 Å². The number of benzene rings is 1. The second kappa shape index (κ2) is 8.58. The molecule has 1 amide bonds. The highest BCUT2D eigenvalue weighted by Gasteiger charge is 2.34. The van der Waals surface area contributed by atoms with Crippen LogP contribution in [0.5, 0.6) is 0 Å². The van der Waals surface area contributed by atoms with Gasteiger partial charge in [0.2, 0.25) is 5.91 Å². The maximum absolute atomic E-state index is 12.7. The lowest BCUT2D eigenvalue weighted by Gasteiger charge is -2.36. The molecule has 3 aliphatic rings. The summed E-state index contributed by atoms with van der Waals surface area (Å²) >= 11 is 0. The van der Waals surface area contributed by atoms with Crippen LogP contribution in [-0.2, 0) is 16.1 Å². The number of hydrogen-bond acceptors (Lipinski definition) is 7. The molecule has 170 valence electrons. The summed E-state index contributed by atoms with van der Waals surface area (Å²) in [7, 11) is 0. The monoisotopic (exact) mass is 445 g/mol. The van der Waals surface area contributed by atoms with Crippen LogP contribution in [0, 0.1) is 31.1 Å². The van der Waals surface area contributed by atoms with Gasteiger partial charge in [-0.15, -0.1) is 0 Å². The van der Waals surface area contributed by atoms with Crippen LogP contribution >= 0.6 is 0 Å². The molecule has 4 heterocycles. The van der Waals surface area contributed by atoms with E-state index in [9.17, 15) is 9.59 Å². The largest absolute Gasteiger partial charge is 0.457 e. The summed E-state index contributed by atoms with van der Waals surface area (Å²) in [6, 6.07) is 8.05. The number of hydrogen-bond donors (Lipinski definition) is 1. The van der Waals surface area contributed by atoms with Crippen molar-refractivity contribution in [3.63, 3.8) is 0 Å². The summed E-state index contributed by atoms with van der Waals surface area (Å²) in [4.78, 5) is 33.1. The number of rotatable bonds is 4. The molecule has 2 fully saturated rings. The number of aromatic nitrogens is 1. The zero-order valence-electron chi connectivity index (χ0n) is 18.9. The van der Waals surface area contributed by atoms with E-state index in [1.165, 1.54) is 5.56 Å². The summed E-state index contributed by atoms with van der Waals surface area (Å²) in [6.45, 7) is 8.44. The Hall–Kier alpha value is -3.28. The standard InChI is InChI=1S/C25H27N5O3/c1-15-7-23(28-10-18(15)9-26)30-12-17(8-24(30)31)11-29-6-5-27-22(13-29)19-3-4-20-21(16(19)2)14-33-25(20)32/h3-4,7,10,17,22,27H,5-6,8,11-14H2,1-2H3. The maximum Gasteiger partial charge on any atom is 0.338 e. The topological polar surface area (TPSA) is 98.6 Å². The van der Waals surface area contributed by atoms with Gasteiger partial charge >= 0.3 is 5.97 Å². The van der Waals surface area contributed by atoms with E-state index in [4.69, 9.17) is 10.00 Å². The third kappa shape index (κ3) is 3.99. The molecule has 8 nitrogen and oxygen atoms in total. The van der Waals surface area contributed by atoms with E-state index >= 15 is 0 Å². The van der Waals surface area contributed by atoms with Gasteiger partial charge in [-0.3, -0.25) is 14.6 Å². The molecular formula is C25H27N5O3. The first-order chi connectivity index (χ1) is 15.9. The Balaban J connectivity index is 1.25. The first-order valence-corrected chi connectivity index (χ1v) is 11.4. The second-order valence-corrected chi connectivity index (χ2v) is 9.19. The normalized spacial score (nSPS) is 22.9. The Labute approximate surface area is 193 Å². The van der Waals surface area contributed by atoms with Crippen LogP contribution in [0.25, 0.3) is 0 Å². The van der Waals surface area contributed by atoms with Crippen molar-refractivity contribution < 1.29 is 14.3 Å². The zero-order valence-corrected chi connectivity index (χ0v) is 18.9. The van der Waals surface area contributed by atoms with E-state index in [2.05, 4.69) is 28.2 Å². The summed E-state index contributed by atoms with van der Waals surface area (Å²) < 4.78 is 5.21. The van der Waals surface area contributed by atoms with Crippen molar-refractivity contribution >= 4 is 17.7 Å². The van der Waals surface area contributed by atoms with Crippen LogP contribution in [-0.4, -0.2) is 54.5 Å². The highest BCUT2D eigenvalue weighted by molar-refractivity contribution is 5.95. The molecule has 8 heteroatoms. The van der Waals surface area contributed by atoms with E-state index in [0.29, 0.717) is 36.5 Å². The SMILES string of the molecule is Cc1cc(N2CC(CN3CCNC(c4ccc5c(c4C)COC5=O)C3)CC2=O)ncc1C#N. The maximum atomic E-state index is 12.7. The smallest absolute Gasteiger partial charge is 0.338 e. The average molecular weight is 446 g/mol. The minimum absolute atomic E-state index is 0.0856. The van der Waals surface area contributed by atoms with E-state index in [-0.39, 0.29) is 23.8 Å². The van der Waals surface area contributed by atoms with Crippen molar-refractivity contribution in [2.75, 3.05) is 37.6 Å². The summed E-state index contributed by atoms with van der Waals surface area (Å²) in [5.74, 6) is 0.714. The number of pyridine rings is 1. The van der Waals surface area contributed by atoms with Crippen molar-refractivity contribution in [3.05, 3.63) is 57.8 Å². The molecule has 0 spiro atoms. The fraction of sp³-hybridized carbons (Fsp3) is 0.440. The first-order valence-electron chi connectivity index (χ1n) is 11.4. The van der Waals surface area contributed by atoms with Gasteiger partial charge in [0.05, 0.1) is 11.1 Å². The predicted molar refractivity (Wildman–Crippen MR) is 122 cm³/mol. The molecule has 2 aromatic rings. The van der Waals surface area contributed by atoms with Gasteiger partial charge in [0.15, 0.2) is 0 Å². The van der Waals surface area contributed by atoms with E-state index in [1.54, 1.807) is 11.1 Å². The highest BCUT2D eigenvalue weighted by Crippen LogP contribution is 2.31. The number of nitrogens with zero attached hydrogens (tertiary/aromatic N) is 4. The van der Waals surface area contributed by atoms with Gasteiger partial charge in [-0.2, -0.15) is 5.26 Å². The predicted octanol–water partition coefficient (Wildman–Crippen LogP) is 2.24. The van der Waals surface area contributed by atoms with Crippen LogP contribution < -0.4 is 10.2 Å². The lowest BCUT2D eigenvalue weighted by molar-refractivity contribution is -0.117. The quantitative estimate of drug-likeness (QED) is 0.721. The molecule has 1 aromatic carbocycles. The molecule has 2 saturated heterocycles. The lowest BCUT2D eigenvalue weighted by Crippen LogP contribution is -2.47. The Morgan fingerprint density at radius 1 is 1.27 bits per heavy atom. The molecule has 3 aliphatic heterocycles. The number of nitrogens with one attached hydrogen (secondary N) is 1. The van der Waals surface area contributed by atoms with Gasteiger partial charge < -0.3 is 10.1 Å². The van der Waals surface area contributed by atoms with Gasteiger partial charge in [0.1, 0.15) is 18.5 Å². The first kappa shape index (κ1) is 21.6.